The third kappa shape index (κ3) is 4.91. The largest absolute Gasteiger partial charge is 0.497 e. The highest BCUT2D eigenvalue weighted by molar-refractivity contribution is 7.92. The molecule has 11 nitrogen and oxygen atoms in total. The average molecular weight is 430 g/mol. The first-order valence-corrected chi connectivity index (χ1v) is 10.00. The van der Waals surface area contributed by atoms with E-state index in [9.17, 15) is 18.5 Å². The van der Waals surface area contributed by atoms with Crippen LogP contribution in [0.3, 0.4) is 0 Å². The van der Waals surface area contributed by atoms with E-state index in [0.717, 1.165) is 6.07 Å². The van der Waals surface area contributed by atoms with E-state index < -0.39 is 20.6 Å². The summed E-state index contributed by atoms with van der Waals surface area (Å²) in [5.74, 6) is 0.566. The van der Waals surface area contributed by atoms with Crippen LogP contribution in [0.4, 0.5) is 17.1 Å². The fourth-order valence-corrected chi connectivity index (χ4v) is 3.56. The van der Waals surface area contributed by atoms with Gasteiger partial charge in [-0.1, -0.05) is 0 Å². The summed E-state index contributed by atoms with van der Waals surface area (Å²) in [4.78, 5) is 10.5. The highest BCUT2D eigenvalue weighted by atomic mass is 32.2. The number of aryl methyl sites for hydroxylation is 1. The lowest BCUT2D eigenvalue weighted by Gasteiger charge is -2.10. The van der Waals surface area contributed by atoms with Crippen molar-refractivity contribution in [3.8, 4) is 5.75 Å². The second-order valence-electron chi connectivity index (χ2n) is 6.09. The first-order valence-electron chi connectivity index (χ1n) is 8.51. The van der Waals surface area contributed by atoms with Crippen LogP contribution < -0.4 is 14.9 Å². The summed E-state index contributed by atoms with van der Waals surface area (Å²) in [6, 6.07) is 9.72. The highest BCUT2D eigenvalue weighted by Gasteiger charge is 2.21. The molecule has 12 heteroatoms. The molecular weight excluding hydrogens is 412 g/mol. The number of aromatic nitrogens is 2. The zero-order valence-corrected chi connectivity index (χ0v) is 16.8. The maximum atomic E-state index is 12.6. The molecule has 30 heavy (non-hydrogen) atoms. The Morgan fingerprint density at radius 3 is 2.57 bits per heavy atom. The van der Waals surface area contributed by atoms with Crippen molar-refractivity contribution in [2.75, 3.05) is 17.3 Å². The van der Waals surface area contributed by atoms with Crippen LogP contribution >= 0.6 is 0 Å². The molecule has 0 amide bonds. The van der Waals surface area contributed by atoms with Crippen LogP contribution in [0, 0.1) is 10.1 Å². The monoisotopic (exact) mass is 430 g/mol. The van der Waals surface area contributed by atoms with Crippen molar-refractivity contribution in [2.24, 2.45) is 12.1 Å². The van der Waals surface area contributed by atoms with Crippen LogP contribution in [0.2, 0.25) is 0 Å². The van der Waals surface area contributed by atoms with Crippen molar-refractivity contribution in [2.45, 2.75) is 4.90 Å². The summed E-state index contributed by atoms with van der Waals surface area (Å²) >= 11 is 0. The number of anilines is 2. The summed E-state index contributed by atoms with van der Waals surface area (Å²) in [5.41, 5.74) is 3.15. The van der Waals surface area contributed by atoms with E-state index in [4.69, 9.17) is 4.74 Å². The fourth-order valence-electron chi connectivity index (χ4n) is 2.48. The Bertz CT molecular complexity index is 1190. The third-order valence-corrected chi connectivity index (χ3v) is 5.32. The van der Waals surface area contributed by atoms with E-state index >= 15 is 0 Å². The molecule has 3 aromatic rings. The van der Waals surface area contributed by atoms with Gasteiger partial charge >= 0.3 is 0 Å². The van der Waals surface area contributed by atoms with Gasteiger partial charge in [0.1, 0.15) is 11.4 Å². The van der Waals surface area contributed by atoms with E-state index in [1.807, 2.05) is 0 Å². The lowest BCUT2D eigenvalue weighted by atomic mass is 10.3. The minimum Gasteiger partial charge on any atom is -0.497 e. The van der Waals surface area contributed by atoms with Gasteiger partial charge < -0.3 is 4.74 Å². The molecule has 0 unspecified atom stereocenters. The molecule has 2 N–H and O–H groups in total. The lowest BCUT2D eigenvalue weighted by molar-refractivity contribution is -0.384. The zero-order chi connectivity index (χ0) is 21.7. The Balaban J connectivity index is 1.82. The number of hydrogen-bond donors (Lipinski definition) is 2. The van der Waals surface area contributed by atoms with Gasteiger partial charge in [-0.25, -0.2) is 8.42 Å². The normalized spacial score (nSPS) is 11.4. The van der Waals surface area contributed by atoms with Gasteiger partial charge in [0.15, 0.2) is 0 Å². The minimum absolute atomic E-state index is 0.0449. The molecule has 0 aliphatic carbocycles. The quantitative estimate of drug-likeness (QED) is 0.318. The Morgan fingerprint density at radius 2 is 1.97 bits per heavy atom. The molecule has 156 valence electrons. The molecule has 0 aliphatic rings. The first kappa shape index (κ1) is 20.8. The Kier molecular flexibility index (Phi) is 5.97. The van der Waals surface area contributed by atoms with E-state index in [0.29, 0.717) is 17.0 Å². The van der Waals surface area contributed by atoms with Gasteiger partial charge in [-0.15, -0.1) is 0 Å². The number of sulfonamides is 1. The van der Waals surface area contributed by atoms with Crippen LogP contribution in [0.5, 0.6) is 5.75 Å². The average Bonchev–Trinajstić information content (AvgIpc) is 3.13. The maximum Gasteiger partial charge on any atom is 0.295 e. The van der Waals surface area contributed by atoms with Crippen molar-refractivity contribution < 1.29 is 18.1 Å². The van der Waals surface area contributed by atoms with Crippen molar-refractivity contribution >= 4 is 33.3 Å². The molecule has 1 aromatic heterocycles. The Labute approximate surface area is 172 Å². The molecule has 0 bridgehead atoms. The molecule has 0 saturated heterocycles. The van der Waals surface area contributed by atoms with Crippen LogP contribution in [0.15, 0.2) is 64.9 Å². The number of hydrazone groups is 1. The number of nitrogens with zero attached hydrogens (tertiary/aromatic N) is 4. The molecule has 1 heterocycles. The molecule has 0 fully saturated rings. The number of nitrogens with one attached hydrogen (secondary N) is 2. The number of hydrogen-bond acceptors (Lipinski definition) is 8. The van der Waals surface area contributed by atoms with Crippen LogP contribution in [-0.2, 0) is 17.1 Å². The second kappa shape index (κ2) is 8.61. The lowest BCUT2D eigenvalue weighted by Crippen LogP contribution is -2.13. The number of nitro benzene ring substituents is 1. The van der Waals surface area contributed by atoms with Gasteiger partial charge in [0, 0.05) is 30.6 Å². The second-order valence-corrected chi connectivity index (χ2v) is 7.77. The van der Waals surface area contributed by atoms with Gasteiger partial charge in [-0.05, 0) is 36.4 Å². The molecule has 0 spiro atoms. The van der Waals surface area contributed by atoms with Crippen molar-refractivity contribution in [1.82, 2.24) is 9.78 Å². The zero-order valence-electron chi connectivity index (χ0n) is 16.0. The van der Waals surface area contributed by atoms with Gasteiger partial charge in [0.25, 0.3) is 15.7 Å². The SMILES string of the molecule is COc1ccc(NS(=O)(=O)c2ccc(N/N=C/c3cnn(C)c3)c([N+](=O)[O-])c2)cc1. The standard InChI is InChI=1S/C18H18N6O5S/c1-23-12-13(11-20-23)10-19-21-17-8-7-16(9-18(17)24(25)26)30(27,28)22-14-3-5-15(29-2)6-4-14/h3-12,21-22H,1-2H3/b19-10+. The van der Waals surface area contributed by atoms with E-state index in [-0.39, 0.29) is 10.6 Å². The van der Waals surface area contributed by atoms with Crippen LogP contribution in [0.1, 0.15) is 5.56 Å². The molecule has 0 saturated carbocycles. The smallest absolute Gasteiger partial charge is 0.295 e. The number of methoxy groups -OCH3 is 1. The van der Waals surface area contributed by atoms with Gasteiger partial charge in [-0.3, -0.25) is 24.9 Å². The number of benzene rings is 2. The van der Waals surface area contributed by atoms with Crippen molar-refractivity contribution in [3.63, 3.8) is 0 Å². The van der Waals surface area contributed by atoms with E-state index in [1.165, 1.54) is 37.6 Å². The molecule has 0 atom stereocenters. The van der Waals surface area contributed by atoms with Crippen LogP contribution in [-0.4, -0.2) is 36.4 Å². The topological polar surface area (TPSA) is 141 Å². The van der Waals surface area contributed by atoms with Gasteiger partial charge in [0.05, 0.1) is 29.3 Å². The highest BCUT2D eigenvalue weighted by Crippen LogP contribution is 2.29. The van der Waals surface area contributed by atoms with E-state index in [2.05, 4.69) is 20.3 Å². The number of rotatable bonds is 8. The van der Waals surface area contributed by atoms with Gasteiger partial charge in [-0.2, -0.15) is 10.2 Å². The third-order valence-electron chi connectivity index (χ3n) is 3.94. The van der Waals surface area contributed by atoms with Crippen molar-refractivity contribution in [1.29, 1.82) is 0 Å². The molecule has 2 aromatic carbocycles. The Hall–Kier alpha value is -3.93. The Morgan fingerprint density at radius 1 is 1.23 bits per heavy atom. The molecule has 0 aliphatic heterocycles. The summed E-state index contributed by atoms with van der Waals surface area (Å²) < 4.78 is 34.2. The summed E-state index contributed by atoms with van der Waals surface area (Å²) in [5, 5.41) is 19.4. The molecule has 0 radical (unpaired) electrons. The summed E-state index contributed by atoms with van der Waals surface area (Å²) in [7, 11) is -0.799. The van der Waals surface area contributed by atoms with Gasteiger partial charge in [0.2, 0.25) is 0 Å². The first-order chi connectivity index (χ1) is 14.3. The maximum absolute atomic E-state index is 12.6. The predicted octanol–water partition coefficient (Wildman–Crippen LogP) is 2.58. The fraction of sp³-hybridized carbons (Fsp3) is 0.111. The molecule has 3 rings (SSSR count). The van der Waals surface area contributed by atoms with E-state index in [1.54, 1.807) is 36.3 Å². The van der Waals surface area contributed by atoms with Crippen LogP contribution in [0.25, 0.3) is 0 Å². The number of nitro groups is 1. The molecular formula is C18H18N6O5S. The predicted molar refractivity (Wildman–Crippen MR) is 111 cm³/mol. The van der Waals surface area contributed by atoms with Crippen molar-refractivity contribution in [3.05, 3.63) is 70.5 Å². The summed E-state index contributed by atoms with van der Waals surface area (Å²) in [6.07, 6.45) is 4.72. The minimum atomic E-state index is -4.04. The summed E-state index contributed by atoms with van der Waals surface area (Å²) in [6.45, 7) is 0. The number of ether oxygens (including phenoxy) is 1.